The van der Waals surface area contributed by atoms with Crippen LogP contribution < -0.4 is 10.6 Å². The third-order valence-electron chi connectivity index (χ3n) is 5.46. The Labute approximate surface area is 177 Å². The Morgan fingerprint density at radius 3 is 2.77 bits per heavy atom. The number of hydrogen-bond donors (Lipinski definition) is 2. The second kappa shape index (κ2) is 8.39. The van der Waals surface area contributed by atoms with Crippen molar-refractivity contribution in [3.8, 4) is 0 Å². The topological polar surface area (TPSA) is 88.4 Å². The minimum absolute atomic E-state index is 0.0168. The van der Waals surface area contributed by atoms with Gasteiger partial charge in [0.2, 0.25) is 5.91 Å². The van der Waals surface area contributed by atoms with Gasteiger partial charge in [0.15, 0.2) is 5.65 Å². The van der Waals surface area contributed by atoms with Gasteiger partial charge in [-0.2, -0.15) is 5.10 Å². The molecule has 0 radical (unpaired) electrons. The number of rotatable bonds is 4. The molecule has 1 aliphatic rings. The Kier molecular flexibility index (Phi) is 5.67. The lowest BCUT2D eigenvalue weighted by Crippen LogP contribution is -2.39. The van der Waals surface area contributed by atoms with Gasteiger partial charge in [-0.05, 0) is 56.4 Å². The van der Waals surface area contributed by atoms with Gasteiger partial charge in [0.25, 0.3) is 5.91 Å². The van der Waals surface area contributed by atoms with Crippen molar-refractivity contribution >= 4 is 34.7 Å². The van der Waals surface area contributed by atoms with E-state index in [2.05, 4.69) is 20.7 Å². The van der Waals surface area contributed by atoms with Crippen molar-refractivity contribution in [2.45, 2.75) is 38.6 Å². The van der Waals surface area contributed by atoms with E-state index in [1.54, 1.807) is 29.9 Å². The third-order valence-corrected chi connectivity index (χ3v) is 5.78. The lowest BCUT2D eigenvalue weighted by molar-refractivity contribution is -0.120. The lowest BCUT2D eigenvalue weighted by Gasteiger charge is -2.28. The van der Waals surface area contributed by atoms with Gasteiger partial charge in [0.1, 0.15) is 11.4 Å². The zero-order valence-corrected chi connectivity index (χ0v) is 17.1. The number of halogens is 2. The van der Waals surface area contributed by atoms with Crippen molar-refractivity contribution in [3.05, 3.63) is 58.8 Å². The number of hydrogen-bond acceptors (Lipinski definition) is 4. The molecule has 1 aromatic carbocycles. The van der Waals surface area contributed by atoms with E-state index in [0.29, 0.717) is 48.1 Å². The maximum Gasteiger partial charge on any atom is 0.256 e. The molecule has 0 saturated heterocycles. The molecule has 4 rings (SSSR count). The normalized spacial score (nSPS) is 18.9. The molecule has 0 spiro atoms. The molecule has 30 heavy (non-hydrogen) atoms. The molecule has 3 aromatic rings. The smallest absolute Gasteiger partial charge is 0.256 e. The van der Waals surface area contributed by atoms with Crippen molar-refractivity contribution in [3.63, 3.8) is 0 Å². The summed E-state index contributed by atoms with van der Waals surface area (Å²) in [6.45, 7) is 1.62. The highest BCUT2D eigenvalue weighted by Crippen LogP contribution is 2.29. The quantitative estimate of drug-likeness (QED) is 0.661. The Morgan fingerprint density at radius 2 is 2.00 bits per heavy atom. The molecule has 0 aliphatic heterocycles. The summed E-state index contributed by atoms with van der Waals surface area (Å²) >= 11 is 6.04. The van der Waals surface area contributed by atoms with Gasteiger partial charge in [0.05, 0.1) is 16.9 Å². The number of aromatic nitrogens is 3. The van der Waals surface area contributed by atoms with Crippen molar-refractivity contribution in [2.24, 2.45) is 5.92 Å². The van der Waals surface area contributed by atoms with Crippen LogP contribution in [0.2, 0.25) is 5.02 Å². The molecular formula is C21H21ClFN5O2. The Morgan fingerprint density at radius 1 is 1.23 bits per heavy atom. The van der Waals surface area contributed by atoms with E-state index in [1.165, 1.54) is 18.3 Å². The van der Waals surface area contributed by atoms with Gasteiger partial charge >= 0.3 is 0 Å². The predicted molar refractivity (Wildman–Crippen MR) is 111 cm³/mol. The average Bonchev–Trinajstić information content (AvgIpc) is 3.17. The van der Waals surface area contributed by atoms with Gasteiger partial charge < -0.3 is 10.6 Å². The fraction of sp³-hybridized carbons (Fsp3) is 0.333. The van der Waals surface area contributed by atoms with Crippen LogP contribution in [0.3, 0.4) is 0 Å². The van der Waals surface area contributed by atoms with Crippen LogP contribution in [-0.4, -0.2) is 32.5 Å². The molecule has 0 bridgehead atoms. The van der Waals surface area contributed by atoms with E-state index < -0.39 is 5.82 Å². The second-order valence-corrected chi connectivity index (χ2v) is 7.95. The zero-order chi connectivity index (χ0) is 21.3. The first kappa shape index (κ1) is 20.3. The predicted octanol–water partition coefficient (Wildman–Crippen LogP) is 3.76. The highest BCUT2D eigenvalue weighted by molar-refractivity contribution is 6.33. The minimum Gasteiger partial charge on any atom is -0.349 e. The van der Waals surface area contributed by atoms with Crippen molar-refractivity contribution in [1.29, 1.82) is 0 Å². The maximum absolute atomic E-state index is 13.5. The lowest BCUT2D eigenvalue weighted by atomic mass is 9.85. The Balaban J connectivity index is 1.33. The number of carbonyl (C=O) groups excluding carboxylic acids is 2. The first-order chi connectivity index (χ1) is 14.4. The summed E-state index contributed by atoms with van der Waals surface area (Å²) in [5, 5.41) is 10.1. The highest BCUT2D eigenvalue weighted by Gasteiger charge is 2.28. The van der Waals surface area contributed by atoms with E-state index in [1.807, 2.05) is 0 Å². The van der Waals surface area contributed by atoms with Crippen molar-refractivity contribution in [1.82, 2.24) is 19.9 Å². The van der Waals surface area contributed by atoms with Gasteiger partial charge in [-0.25, -0.2) is 13.9 Å². The number of nitrogens with one attached hydrogen (secondary N) is 2. The number of fused-ring (bicyclic) bond motifs is 1. The van der Waals surface area contributed by atoms with Crippen LogP contribution >= 0.6 is 11.6 Å². The number of carbonyl (C=O) groups is 2. The molecular weight excluding hydrogens is 409 g/mol. The number of amides is 2. The molecule has 156 valence electrons. The molecule has 1 saturated carbocycles. The molecule has 1 fully saturated rings. The monoisotopic (exact) mass is 429 g/mol. The molecule has 2 N–H and O–H groups in total. The summed E-state index contributed by atoms with van der Waals surface area (Å²) in [4.78, 5) is 29.4. The molecule has 0 unspecified atom stereocenters. The van der Waals surface area contributed by atoms with E-state index in [4.69, 9.17) is 11.6 Å². The summed E-state index contributed by atoms with van der Waals surface area (Å²) < 4.78 is 15.1. The van der Waals surface area contributed by atoms with Crippen LogP contribution in [0.15, 0.2) is 36.8 Å². The van der Waals surface area contributed by atoms with Gasteiger partial charge in [-0.15, -0.1) is 0 Å². The summed E-state index contributed by atoms with van der Waals surface area (Å²) in [5.41, 5.74) is 1.77. The van der Waals surface area contributed by atoms with Crippen LogP contribution in [0.1, 0.15) is 41.6 Å². The standard InChI is InChI=1S/C21H21ClFN5O2/c1-12-9-18(16(22)10-17(12)23)27-20(29)13-3-5-14(6-4-13)26-21(30)15-11-25-28-8-2-7-24-19(15)28/h2,7-11,13-14H,3-6H2,1H3,(H,26,30)(H,27,29)/t13-,14-. The van der Waals surface area contributed by atoms with Crippen LogP contribution in [0.25, 0.3) is 5.65 Å². The van der Waals surface area contributed by atoms with Crippen LogP contribution in [0, 0.1) is 18.7 Å². The SMILES string of the molecule is Cc1cc(NC(=O)[C@H]2CC[C@H](NC(=O)c3cnn4cccnc34)CC2)c(Cl)cc1F. The third kappa shape index (κ3) is 4.14. The maximum atomic E-state index is 13.5. The van der Waals surface area contributed by atoms with Crippen LogP contribution in [0.5, 0.6) is 0 Å². The summed E-state index contributed by atoms with van der Waals surface area (Å²) in [6.07, 6.45) is 7.51. The average molecular weight is 430 g/mol. The summed E-state index contributed by atoms with van der Waals surface area (Å²) in [7, 11) is 0. The van der Waals surface area contributed by atoms with E-state index in [-0.39, 0.29) is 28.8 Å². The van der Waals surface area contributed by atoms with Gasteiger partial charge in [0, 0.05) is 24.4 Å². The van der Waals surface area contributed by atoms with E-state index in [0.717, 1.165) is 0 Å². The van der Waals surface area contributed by atoms with Crippen LogP contribution in [-0.2, 0) is 4.79 Å². The molecule has 1 aliphatic carbocycles. The molecule has 2 amide bonds. The molecule has 9 heteroatoms. The summed E-state index contributed by atoms with van der Waals surface area (Å²) in [5.74, 6) is -0.946. The zero-order valence-electron chi connectivity index (χ0n) is 16.4. The molecule has 0 atom stereocenters. The Hall–Kier alpha value is -3.00. The van der Waals surface area contributed by atoms with Crippen LogP contribution in [0.4, 0.5) is 10.1 Å². The first-order valence-corrected chi connectivity index (χ1v) is 10.2. The van der Waals surface area contributed by atoms with Gasteiger partial charge in [-0.1, -0.05) is 11.6 Å². The number of benzene rings is 1. The van der Waals surface area contributed by atoms with E-state index >= 15 is 0 Å². The van der Waals surface area contributed by atoms with E-state index in [9.17, 15) is 14.0 Å². The fourth-order valence-corrected chi connectivity index (χ4v) is 3.94. The number of anilines is 1. The number of nitrogens with zero attached hydrogens (tertiary/aromatic N) is 3. The molecule has 2 aromatic heterocycles. The largest absolute Gasteiger partial charge is 0.349 e. The summed E-state index contributed by atoms with van der Waals surface area (Å²) in [6, 6.07) is 4.46. The first-order valence-electron chi connectivity index (χ1n) is 9.78. The second-order valence-electron chi connectivity index (χ2n) is 7.54. The molecule has 2 heterocycles. The Bertz CT molecular complexity index is 1110. The highest BCUT2D eigenvalue weighted by atomic mass is 35.5. The minimum atomic E-state index is -0.407. The van der Waals surface area contributed by atoms with Crippen molar-refractivity contribution < 1.29 is 14.0 Å². The van der Waals surface area contributed by atoms with Crippen molar-refractivity contribution in [2.75, 3.05) is 5.32 Å². The fourth-order valence-electron chi connectivity index (χ4n) is 3.74. The van der Waals surface area contributed by atoms with Gasteiger partial charge in [-0.3, -0.25) is 9.59 Å². The molecule has 7 nitrogen and oxygen atoms in total. The number of aryl methyl sites for hydroxylation is 1.